The molecule has 3 rings (SSSR count). The average Bonchev–Trinajstić information content (AvgIpc) is 2.40. The lowest BCUT2D eigenvalue weighted by molar-refractivity contribution is -0.116. The minimum atomic E-state index is -0.251. The van der Waals surface area contributed by atoms with Gasteiger partial charge in [0.15, 0.2) is 0 Å². The molecule has 2 aliphatic rings. The Morgan fingerprint density at radius 3 is 2.95 bits per heavy atom. The van der Waals surface area contributed by atoms with Crippen LogP contribution >= 0.6 is 0 Å². The standard InChI is InChI=1S/C15H20FN3O/c16-12-6-9-4-5-15(20)19-13(9)8-14(12)18-11-3-1-2-10(17)7-11/h6,8,10-11,18H,1-5,7,17H2,(H,19,20). The molecule has 1 fully saturated rings. The summed E-state index contributed by atoms with van der Waals surface area (Å²) < 4.78 is 14.1. The fraction of sp³-hybridized carbons (Fsp3) is 0.533. The fourth-order valence-corrected chi connectivity index (χ4v) is 3.09. The lowest BCUT2D eigenvalue weighted by Crippen LogP contribution is -2.35. The quantitative estimate of drug-likeness (QED) is 0.777. The zero-order valence-corrected chi connectivity index (χ0v) is 11.4. The Balaban J connectivity index is 1.79. The van der Waals surface area contributed by atoms with Crippen LogP contribution in [-0.2, 0) is 11.2 Å². The molecule has 0 saturated heterocycles. The predicted molar refractivity (Wildman–Crippen MR) is 77.2 cm³/mol. The summed E-state index contributed by atoms with van der Waals surface area (Å²) in [5.74, 6) is -0.256. The number of carbonyl (C=O) groups excluding carboxylic acids is 1. The van der Waals surface area contributed by atoms with Crippen molar-refractivity contribution in [1.82, 2.24) is 0 Å². The number of aryl methyl sites for hydroxylation is 1. The molecule has 108 valence electrons. The van der Waals surface area contributed by atoms with Crippen LogP contribution in [0.3, 0.4) is 0 Å². The predicted octanol–water partition coefficient (Wildman–Crippen LogP) is 2.39. The van der Waals surface area contributed by atoms with Crippen LogP contribution < -0.4 is 16.4 Å². The van der Waals surface area contributed by atoms with E-state index in [2.05, 4.69) is 10.6 Å². The van der Waals surface area contributed by atoms with Gasteiger partial charge in [0.05, 0.1) is 5.69 Å². The molecule has 2 atom stereocenters. The van der Waals surface area contributed by atoms with Crippen LogP contribution in [0.1, 0.15) is 37.7 Å². The SMILES string of the molecule is NC1CCCC(Nc2cc3c(cc2F)CCC(=O)N3)C1. The lowest BCUT2D eigenvalue weighted by Gasteiger charge is -2.29. The number of rotatable bonds is 2. The van der Waals surface area contributed by atoms with Crippen LogP contribution in [-0.4, -0.2) is 18.0 Å². The van der Waals surface area contributed by atoms with Gasteiger partial charge >= 0.3 is 0 Å². The second-order valence-corrected chi connectivity index (χ2v) is 5.81. The van der Waals surface area contributed by atoms with E-state index in [0.29, 0.717) is 18.5 Å². The van der Waals surface area contributed by atoms with Gasteiger partial charge in [-0.05, 0) is 49.8 Å². The Labute approximate surface area is 117 Å². The minimum absolute atomic E-state index is 0.00486. The van der Waals surface area contributed by atoms with Crippen LogP contribution in [0, 0.1) is 5.82 Å². The molecule has 1 aromatic rings. The van der Waals surface area contributed by atoms with Gasteiger partial charge in [0.25, 0.3) is 0 Å². The van der Waals surface area contributed by atoms with E-state index in [1.807, 2.05) is 0 Å². The first-order valence-electron chi connectivity index (χ1n) is 7.26. The van der Waals surface area contributed by atoms with E-state index in [1.54, 1.807) is 6.07 Å². The van der Waals surface area contributed by atoms with Crippen LogP contribution in [0.2, 0.25) is 0 Å². The van der Waals surface area contributed by atoms with E-state index in [0.717, 1.165) is 36.9 Å². The Bertz CT molecular complexity index is 532. The maximum atomic E-state index is 14.1. The van der Waals surface area contributed by atoms with Gasteiger partial charge in [0.2, 0.25) is 5.91 Å². The topological polar surface area (TPSA) is 67.1 Å². The summed E-state index contributed by atoms with van der Waals surface area (Å²) in [6.07, 6.45) is 5.02. The molecule has 1 aliphatic heterocycles. The van der Waals surface area contributed by atoms with Gasteiger partial charge in [-0.2, -0.15) is 0 Å². The highest BCUT2D eigenvalue weighted by Gasteiger charge is 2.22. The van der Waals surface area contributed by atoms with E-state index >= 15 is 0 Å². The van der Waals surface area contributed by atoms with Gasteiger partial charge in [-0.1, -0.05) is 0 Å². The number of nitrogens with one attached hydrogen (secondary N) is 2. The summed E-state index contributed by atoms with van der Waals surface area (Å²) >= 11 is 0. The zero-order chi connectivity index (χ0) is 14.1. The first-order valence-corrected chi connectivity index (χ1v) is 7.26. The minimum Gasteiger partial charge on any atom is -0.380 e. The second kappa shape index (κ2) is 5.40. The van der Waals surface area contributed by atoms with Crippen molar-refractivity contribution >= 4 is 17.3 Å². The van der Waals surface area contributed by atoms with Crippen molar-refractivity contribution in [2.75, 3.05) is 10.6 Å². The fourth-order valence-electron chi connectivity index (χ4n) is 3.09. The molecular weight excluding hydrogens is 257 g/mol. The Hall–Kier alpha value is -1.62. The number of fused-ring (bicyclic) bond motifs is 1. The van der Waals surface area contributed by atoms with Crippen molar-refractivity contribution < 1.29 is 9.18 Å². The maximum Gasteiger partial charge on any atom is 0.224 e. The van der Waals surface area contributed by atoms with Crippen molar-refractivity contribution in [3.8, 4) is 0 Å². The summed E-state index contributed by atoms with van der Waals surface area (Å²) in [5.41, 5.74) is 8.01. The van der Waals surface area contributed by atoms with Crippen LogP contribution in [0.5, 0.6) is 0 Å². The van der Waals surface area contributed by atoms with Crippen LogP contribution in [0.25, 0.3) is 0 Å². The molecule has 5 heteroatoms. The largest absolute Gasteiger partial charge is 0.380 e. The van der Waals surface area contributed by atoms with E-state index in [9.17, 15) is 9.18 Å². The lowest BCUT2D eigenvalue weighted by atomic mass is 9.91. The van der Waals surface area contributed by atoms with Gasteiger partial charge in [-0.3, -0.25) is 4.79 Å². The molecule has 0 bridgehead atoms. The van der Waals surface area contributed by atoms with Crippen molar-refractivity contribution in [2.24, 2.45) is 5.73 Å². The summed E-state index contributed by atoms with van der Waals surface area (Å²) in [4.78, 5) is 11.4. The number of hydrogen-bond acceptors (Lipinski definition) is 3. The van der Waals surface area contributed by atoms with Crippen LogP contribution in [0.15, 0.2) is 12.1 Å². The molecule has 1 saturated carbocycles. The van der Waals surface area contributed by atoms with Gasteiger partial charge in [-0.15, -0.1) is 0 Å². The zero-order valence-electron chi connectivity index (χ0n) is 11.4. The van der Waals surface area contributed by atoms with E-state index in [-0.39, 0.29) is 23.8 Å². The third-order valence-corrected chi connectivity index (χ3v) is 4.16. The van der Waals surface area contributed by atoms with Crippen LogP contribution in [0.4, 0.5) is 15.8 Å². The molecule has 1 amide bonds. The number of carbonyl (C=O) groups is 1. The molecule has 1 heterocycles. The van der Waals surface area contributed by atoms with Gasteiger partial charge in [-0.25, -0.2) is 4.39 Å². The summed E-state index contributed by atoms with van der Waals surface area (Å²) in [6.45, 7) is 0. The highest BCUT2D eigenvalue weighted by atomic mass is 19.1. The average molecular weight is 277 g/mol. The third kappa shape index (κ3) is 2.77. The van der Waals surface area contributed by atoms with Crippen molar-refractivity contribution in [2.45, 2.75) is 50.6 Å². The Morgan fingerprint density at radius 1 is 1.30 bits per heavy atom. The van der Waals surface area contributed by atoms with E-state index < -0.39 is 0 Å². The molecule has 2 unspecified atom stereocenters. The van der Waals surface area contributed by atoms with Gasteiger partial charge in [0.1, 0.15) is 5.82 Å². The molecular formula is C15H20FN3O. The number of nitrogens with two attached hydrogens (primary N) is 1. The Kier molecular flexibility index (Phi) is 3.61. The Morgan fingerprint density at radius 2 is 2.15 bits per heavy atom. The highest BCUT2D eigenvalue weighted by molar-refractivity contribution is 5.94. The number of benzene rings is 1. The van der Waals surface area contributed by atoms with E-state index in [1.165, 1.54) is 6.07 Å². The number of halogens is 1. The first kappa shape index (κ1) is 13.4. The summed E-state index contributed by atoms with van der Waals surface area (Å²) in [5, 5.41) is 6.04. The van der Waals surface area contributed by atoms with Gasteiger partial charge < -0.3 is 16.4 Å². The summed E-state index contributed by atoms with van der Waals surface area (Å²) in [6, 6.07) is 3.65. The molecule has 1 aromatic carbocycles. The molecule has 4 N–H and O–H groups in total. The van der Waals surface area contributed by atoms with Crippen molar-refractivity contribution in [3.05, 3.63) is 23.5 Å². The molecule has 1 aliphatic carbocycles. The molecule has 0 spiro atoms. The third-order valence-electron chi connectivity index (χ3n) is 4.16. The van der Waals surface area contributed by atoms with Crippen molar-refractivity contribution in [3.63, 3.8) is 0 Å². The first-order chi connectivity index (χ1) is 9.61. The number of hydrogen-bond donors (Lipinski definition) is 3. The van der Waals surface area contributed by atoms with E-state index in [4.69, 9.17) is 5.73 Å². The highest BCUT2D eigenvalue weighted by Crippen LogP contribution is 2.30. The smallest absolute Gasteiger partial charge is 0.224 e. The van der Waals surface area contributed by atoms with Gasteiger partial charge in [0, 0.05) is 24.2 Å². The second-order valence-electron chi connectivity index (χ2n) is 5.81. The van der Waals surface area contributed by atoms with Crippen molar-refractivity contribution in [1.29, 1.82) is 0 Å². The molecule has 20 heavy (non-hydrogen) atoms. The molecule has 0 aromatic heterocycles. The maximum absolute atomic E-state index is 14.1. The normalized spacial score (nSPS) is 25.8. The monoisotopic (exact) mass is 277 g/mol. The molecule has 0 radical (unpaired) electrons. The molecule has 4 nitrogen and oxygen atoms in total. The number of amides is 1. The summed E-state index contributed by atoms with van der Waals surface area (Å²) in [7, 11) is 0. The number of anilines is 2.